The van der Waals surface area contributed by atoms with Crippen LogP contribution in [0.2, 0.25) is 0 Å². The number of thiophene rings is 2. The number of rotatable bonds is 5. The second kappa shape index (κ2) is 12.1. The first kappa shape index (κ1) is 29.9. The molecule has 7 aromatic carbocycles. The van der Waals surface area contributed by atoms with Crippen LogP contribution in [0.25, 0.3) is 96.5 Å². The molecule has 51 heavy (non-hydrogen) atoms. The van der Waals surface area contributed by atoms with Gasteiger partial charge in [0, 0.05) is 57.0 Å². The zero-order chi connectivity index (χ0) is 33.9. The number of aromatic nitrogens is 2. The number of halogens is 1. The number of nitrogens with zero attached hydrogens (tertiary/aromatic N) is 2. The average Bonchev–Trinajstić information content (AvgIpc) is 3.76. The molecule has 2 nitrogen and oxygen atoms in total. The van der Waals surface area contributed by atoms with Crippen LogP contribution in [0.5, 0.6) is 0 Å². The Balaban J connectivity index is 1.21. The third kappa shape index (κ3) is 5.39. The highest BCUT2D eigenvalue weighted by atomic mass is 32.1. The van der Waals surface area contributed by atoms with Gasteiger partial charge in [-0.2, -0.15) is 0 Å². The lowest BCUT2D eigenvalue weighted by molar-refractivity contribution is 0.628. The van der Waals surface area contributed by atoms with E-state index in [1.54, 1.807) is 12.1 Å². The van der Waals surface area contributed by atoms with Gasteiger partial charge < -0.3 is 0 Å². The van der Waals surface area contributed by atoms with E-state index in [1.807, 2.05) is 46.9 Å². The van der Waals surface area contributed by atoms with Crippen molar-refractivity contribution in [1.82, 2.24) is 9.97 Å². The fourth-order valence-corrected chi connectivity index (χ4v) is 9.18. The minimum absolute atomic E-state index is 0.278. The van der Waals surface area contributed by atoms with Gasteiger partial charge in [0.05, 0.1) is 11.4 Å². The maximum absolute atomic E-state index is 14.0. The van der Waals surface area contributed by atoms with Gasteiger partial charge in [-0.15, -0.1) is 22.7 Å². The van der Waals surface area contributed by atoms with Crippen molar-refractivity contribution >= 4 is 63.0 Å². The van der Waals surface area contributed by atoms with Crippen molar-refractivity contribution in [1.29, 1.82) is 0 Å². The molecule has 0 aliphatic carbocycles. The van der Waals surface area contributed by atoms with E-state index in [-0.39, 0.29) is 5.82 Å². The molecule has 0 aliphatic heterocycles. The molecule has 0 N–H and O–H groups in total. The zero-order valence-corrected chi connectivity index (χ0v) is 28.8. The number of benzene rings is 7. The first-order valence-electron chi connectivity index (χ1n) is 16.8. The lowest BCUT2D eigenvalue weighted by Gasteiger charge is -2.13. The van der Waals surface area contributed by atoms with E-state index < -0.39 is 0 Å². The second-order valence-electron chi connectivity index (χ2n) is 12.8. The van der Waals surface area contributed by atoms with Crippen molar-refractivity contribution in [2.24, 2.45) is 0 Å². The molecule has 0 bridgehead atoms. The predicted octanol–water partition coefficient (Wildman–Crippen LogP) is 13.7. The van der Waals surface area contributed by atoms with Gasteiger partial charge in [-0.3, -0.25) is 0 Å². The summed E-state index contributed by atoms with van der Waals surface area (Å²) in [6.45, 7) is 0. The van der Waals surface area contributed by atoms with Crippen LogP contribution in [0.4, 0.5) is 4.39 Å². The van der Waals surface area contributed by atoms with E-state index >= 15 is 0 Å². The van der Waals surface area contributed by atoms with Crippen LogP contribution in [-0.4, -0.2) is 9.97 Å². The van der Waals surface area contributed by atoms with Crippen molar-refractivity contribution in [2.75, 3.05) is 0 Å². The topological polar surface area (TPSA) is 25.8 Å². The molecule has 0 saturated heterocycles. The Morgan fingerprint density at radius 1 is 0.333 bits per heavy atom. The van der Waals surface area contributed by atoms with Crippen molar-refractivity contribution in [3.63, 3.8) is 0 Å². The number of hydrogen-bond donors (Lipinski definition) is 0. The molecule has 0 amide bonds. The minimum Gasteiger partial charge on any atom is -0.228 e. The molecule has 0 spiro atoms. The molecular formula is C46H27FN2S2. The van der Waals surface area contributed by atoms with Gasteiger partial charge >= 0.3 is 0 Å². The molecule has 0 fully saturated rings. The van der Waals surface area contributed by atoms with Crippen LogP contribution in [0.3, 0.4) is 0 Å². The van der Waals surface area contributed by atoms with Gasteiger partial charge in [-0.25, -0.2) is 14.4 Å². The maximum Gasteiger partial charge on any atom is 0.160 e. The molecule has 0 unspecified atom stereocenters. The first-order valence-corrected chi connectivity index (χ1v) is 18.5. The van der Waals surface area contributed by atoms with Crippen LogP contribution in [0.1, 0.15) is 0 Å². The van der Waals surface area contributed by atoms with Crippen molar-refractivity contribution in [2.45, 2.75) is 0 Å². The van der Waals surface area contributed by atoms with Gasteiger partial charge in [-0.1, -0.05) is 78.9 Å². The molecule has 0 radical (unpaired) electrons. The Hall–Kier alpha value is -6.01. The van der Waals surface area contributed by atoms with E-state index in [1.165, 1.54) is 52.5 Å². The standard InChI is InChI=1S/C46H27FN2S2/c47-35-18-14-29(15-19-35)41-27-40(28-8-2-1-3-9-28)48-46(49-41)34-23-32(30-16-20-44-38(25-30)36-10-4-6-12-42(36)50-44)22-33(24-34)31-17-21-45-39(26-31)37-11-5-7-13-43(37)51-45/h1-27H. The highest BCUT2D eigenvalue weighted by Crippen LogP contribution is 2.41. The molecule has 3 aromatic heterocycles. The zero-order valence-electron chi connectivity index (χ0n) is 27.2. The highest BCUT2D eigenvalue weighted by Gasteiger charge is 2.16. The van der Waals surface area contributed by atoms with E-state index in [9.17, 15) is 4.39 Å². The molecule has 3 heterocycles. The summed E-state index contributed by atoms with van der Waals surface area (Å²) in [5, 5.41) is 5.06. The van der Waals surface area contributed by atoms with Crippen LogP contribution < -0.4 is 0 Å². The van der Waals surface area contributed by atoms with Crippen LogP contribution in [-0.2, 0) is 0 Å². The fourth-order valence-electron chi connectivity index (χ4n) is 7.00. The van der Waals surface area contributed by atoms with E-state index in [2.05, 4.69) is 115 Å². The Labute approximate surface area is 301 Å². The van der Waals surface area contributed by atoms with E-state index in [0.29, 0.717) is 5.82 Å². The van der Waals surface area contributed by atoms with Crippen LogP contribution in [0, 0.1) is 5.82 Å². The van der Waals surface area contributed by atoms with Crippen molar-refractivity contribution in [3.05, 3.63) is 170 Å². The summed E-state index contributed by atoms with van der Waals surface area (Å²) in [6, 6.07) is 56.1. The smallest absolute Gasteiger partial charge is 0.160 e. The fraction of sp³-hybridized carbons (Fsp3) is 0. The van der Waals surface area contributed by atoms with Crippen LogP contribution in [0.15, 0.2) is 164 Å². The summed E-state index contributed by atoms with van der Waals surface area (Å²) >= 11 is 3.65. The molecular weight excluding hydrogens is 664 g/mol. The summed E-state index contributed by atoms with van der Waals surface area (Å²) in [6.07, 6.45) is 0. The van der Waals surface area contributed by atoms with Crippen molar-refractivity contribution in [3.8, 4) is 56.2 Å². The molecule has 5 heteroatoms. The summed E-state index contributed by atoms with van der Waals surface area (Å²) in [7, 11) is 0. The van der Waals surface area contributed by atoms with Gasteiger partial charge in [0.15, 0.2) is 5.82 Å². The molecule has 10 aromatic rings. The normalized spacial score (nSPS) is 11.6. The summed E-state index contributed by atoms with van der Waals surface area (Å²) < 4.78 is 19.1. The summed E-state index contributed by atoms with van der Waals surface area (Å²) in [5.41, 5.74) is 8.73. The highest BCUT2D eigenvalue weighted by molar-refractivity contribution is 7.26. The second-order valence-corrected chi connectivity index (χ2v) is 14.9. The van der Waals surface area contributed by atoms with Crippen molar-refractivity contribution < 1.29 is 4.39 Å². The van der Waals surface area contributed by atoms with Gasteiger partial charge in [0.1, 0.15) is 5.82 Å². The molecule has 240 valence electrons. The molecule has 10 rings (SSSR count). The largest absolute Gasteiger partial charge is 0.228 e. The molecule has 0 saturated carbocycles. The first-order chi connectivity index (χ1) is 25.1. The Morgan fingerprint density at radius 2 is 0.784 bits per heavy atom. The SMILES string of the molecule is Fc1ccc(-c2cc(-c3ccccc3)nc(-c3cc(-c4ccc5sc6ccccc6c5c4)cc(-c4ccc5sc6ccccc6c5c4)c3)n2)cc1. The lowest BCUT2D eigenvalue weighted by atomic mass is 9.94. The van der Waals surface area contributed by atoms with E-state index in [4.69, 9.17) is 9.97 Å². The molecule has 0 atom stereocenters. The van der Waals surface area contributed by atoms with Gasteiger partial charge in [0.25, 0.3) is 0 Å². The average molecular weight is 691 g/mol. The Kier molecular flexibility index (Phi) is 7.08. The summed E-state index contributed by atoms with van der Waals surface area (Å²) in [4.78, 5) is 10.3. The lowest BCUT2D eigenvalue weighted by Crippen LogP contribution is -1.97. The minimum atomic E-state index is -0.278. The Bertz CT molecular complexity index is 2790. The molecule has 0 aliphatic rings. The van der Waals surface area contributed by atoms with Crippen LogP contribution >= 0.6 is 22.7 Å². The quantitative estimate of drug-likeness (QED) is 0.180. The van der Waals surface area contributed by atoms with Gasteiger partial charge in [-0.05, 0) is 107 Å². The van der Waals surface area contributed by atoms with E-state index in [0.717, 1.165) is 50.3 Å². The summed E-state index contributed by atoms with van der Waals surface area (Å²) in [5.74, 6) is 0.335. The third-order valence-corrected chi connectivity index (χ3v) is 11.9. The van der Waals surface area contributed by atoms with Gasteiger partial charge in [0.2, 0.25) is 0 Å². The predicted molar refractivity (Wildman–Crippen MR) is 215 cm³/mol. The Morgan fingerprint density at radius 3 is 1.35 bits per heavy atom. The third-order valence-electron chi connectivity index (χ3n) is 9.55. The number of hydrogen-bond acceptors (Lipinski definition) is 4. The maximum atomic E-state index is 14.0. The number of fused-ring (bicyclic) bond motifs is 6. The monoisotopic (exact) mass is 690 g/mol.